The molecule has 27 heavy (non-hydrogen) atoms. The predicted octanol–water partition coefficient (Wildman–Crippen LogP) is 2.53. The summed E-state index contributed by atoms with van der Waals surface area (Å²) in [5, 5.41) is 2.96. The molecule has 1 N–H and O–H groups in total. The molecule has 2 heterocycles. The number of carbonyl (C=O) groups is 3. The van der Waals surface area contributed by atoms with Crippen LogP contribution in [0.15, 0.2) is 18.2 Å². The number of nitrogens with one attached hydrogen (secondary N) is 1. The fourth-order valence-electron chi connectivity index (χ4n) is 2.57. The number of rotatable bonds is 4. The van der Waals surface area contributed by atoms with Crippen LogP contribution in [0.4, 0.5) is 5.00 Å². The van der Waals surface area contributed by atoms with E-state index in [0.29, 0.717) is 27.5 Å². The smallest absolute Gasteiger partial charge is 0.341 e. The minimum Gasteiger partial charge on any atom is -0.465 e. The molecule has 142 valence electrons. The number of ether oxygens (including phenoxy) is 3. The van der Waals surface area contributed by atoms with Crippen LogP contribution in [0.2, 0.25) is 0 Å². The number of esters is 1. The molecule has 1 aromatic carbocycles. The normalized spacial score (nSPS) is 11.9. The highest BCUT2D eigenvalue weighted by Crippen LogP contribution is 2.36. The molecule has 0 aliphatic carbocycles. The molecule has 0 bridgehead atoms. The van der Waals surface area contributed by atoms with E-state index in [0.717, 1.165) is 11.3 Å². The Hall–Kier alpha value is -3.07. The number of methoxy groups -OCH3 is 1. The van der Waals surface area contributed by atoms with Gasteiger partial charge in [-0.3, -0.25) is 9.59 Å². The molecule has 2 amide bonds. The molecule has 0 fully saturated rings. The van der Waals surface area contributed by atoms with Crippen LogP contribution in [0, 0.1) is 6.92 Å². The van der Waals surface area contributed by atoms with Gasteiger partial charge in [0, 0.05) is 19.7 Å². The van der Waals surface area contributed by atoms with Gasteiger partial charge in [0.1, 0.15) is 5.00 Å². The van der Waals surface area contributed by atoms with Gasteiger partial charge in [0.25, 0.3) is 11.8 Å². The van der Waals surface area contributed by atoms with Crippen molar-refractivity contribution in [2.24, 2.45) is 0 Å². The molecule has 0 radical (unpaired) electrons. The highest BCUT2D eigenvalue weighted by Gasteiger charge is 2.27. The third-order valence-corrected chi connectivity index (χ3v) is 5.19. The Labute approximate surface area is 159 Å². The number of carbonyl (C=O) groups excluding carboxylic acids is 3. The third kappa shape index (κ3) is 3.45. The van der Waals surface area contributed by atoms with Gasteiger partial charge in [0.2, 0.25) is 6.79 Å². The maximum absolute atomic E-state index is 12.7. The van der Waals surface area contributed by atoms with E-state index >= 15 is 0 Å². The fourth-order valence-corrected chi connectivity index (χ4v) is 3.78. The number of thiophene rings is 1. The standard InChI is InChI=1S/C18H18N2O6S/c1-9-13(18(23)24-4)16(27-14(9)17(22)20(2)3)19-15(21)10-5-6-11-12(7-10)26-8-25-11/h5-7H,8H2,1-4H3,(H,19,21). The van der Waals surface area contributed by atoms with E-state index in [1.54, 1.807) is 39.2 Å². The van der Waals surface area contributed by atoms with Crippen LogP contribution in [0.3, 0.4) is 0 Å². The highest BCUT2D eigenvalue weighted by atomic mass is 32.1. The molecule has 0 saturated heterocycles. The zero-order chi connectivity index (χ0) is 19.7. The van der Waals surface area contributed by atoms with Crippen molar-refractivity contribution in [1.82, 2.24) is 4.90 Å². The first-order chi connectivity index (χ1) is 12.8. The minimum absolute atomic E-state index is 0.104. The van der Waals surface area contributed by atoms with Gasteiger partial charge in [-0.05, 0) is 30.7 Å². The zero-order valence-electron chi connectivity index (χ0n) is 15.2. The summed E-state index contributed by atoms with van der Waals surface area (Å²) in [4.78, 5) is 39.0. The van der Waals surface area contributed by atoms with Crippen molar-refractivity contribution in [3.63, 3.8) is 0 Å². The van der Waals surface area contributed by atoms with Crippen molar-refractivity contribution in [1.29, 1.82) is 0 Å². The zero-order valence-corrected chi connectivity index (χ0v) is 16.1. The second-order valence-electron chi connectivity index (χ2n) is 5.97. The van der Waals surface area contributed by atoms with E-state index < -0.39 is 11.9 Å². The number of nitrogens with zero attached hydrogens (tertiary/aromatic N) is 1. The maximum Gasteiger partial charge on any atom is 0.341 e. The quantitative estimate of drug-likeness (QED) is 0.807. The van der Waals surface area contributed by atoms with Crippen molar-refractivity contribution in [2.75, 3.05) is 33.3 Å². The van der Waals surface area contributed by atoms with E-state index in [4.69, 9.17) is 14.2 Å². The first-order valence-electron chi connectivity index (χ1n) is 7.97. The lowest BCUT2D eigenvalue weighted by atomic mass is 10.1. The van der Waals surface area contributed by atoms with E-state index in [9.17, 15) is 14.4 Å². The Morgan fingerprint density at radius 1 is 1.19 bits per heavy atom. The summed E-state index contributed by atoms with van der Waals surface area (Å²) < 4.78 is 15.3. The Morgan fingerprint density at radius 3 is 2.56 bits per heavy atom. The lowest BCUT2D eigenvalue weighted by Gasteiger charge is -2.08. The first-order valence-corrected chi connectivity index (χ1v) is 8.79. The fraction of sp³-hybridized carbons (Fsp3) is 0.278. The Morgan fingerprint density at radius 2 is 1.89 bits per heavy atom. The van der Waals surface area contributed by atoms with Crippen LogP contribution >= 0.6 is 11.3 Å². The van der Waals surface area contributed by atoms with Crippen molar-refractivity contribution >= 4 is 34.1 Å². The van der Waals surface area contributed by atoms with E-state index in [1.807, 2.05) is 0 Å². The van der Waals surface area contributed by atoms with Crippen LogP contribution in [-0.2, 0) is 4.74 Å². The van der Waals surface area contributed by atoms with Crippen molar-refractivity contribution < 1.29 is 28.6 Å². The third-order valence-electron chi connectivity index (χ3n) is 4.00. The van der Waals surface area contributed by atoms with Gasteiger partial charge in [-0.15, -0.1) is 11.3 Å². The van der Waals surface area contributed by atoms with Gasteiger partial charge in [0.05, 0.1) is 17.6 Å². The van der Waals surface area contributed by atoms with Gasteiger partial charge in [0.15, 0.2) is 11.5 Å². The number of hydrogen-bond acceptors (Lipinski definition) is 7. The summed E-state index contributed by atoms with van der Waals surface area (Å²) in [6.45, 7) is 1.75. The van der Waals surface area contributed by atoms with Gasteiger partial charge in [-0.2, -0.15) is 0 Å². The van der Waals surface area contributed by atoms with Crippen LogP contribution < -0.4 is 14.8 Å². The number of hydrogen-bond donors (Lipinski definition) is 1. The predicted molar refractivity (Wildman–Crippen MR) is 98.9 cm³/mol. The van der Waals surface area contributed by atoms with Crippen molar-refractivity contribution in [3.05, 3.63) is 39.8 Å². The Kier molecular flexibility index (Phi) is 5.04. The average Bonchev–Trinajstić information content (AvgIpc) is 3.24. The molecule has 0 saturated carbocycles. The number of fused-ring (bicyclic) bond motifs is 1. The van der Waals surface area contributed by atoms with Gasteiger partial charge in [-0.25, -0.2) is 4.79 Å². The highest BCUT2D eigenvalue weighted by molar-refractivity contribution is 7.18. The van der Waals surface area contributed by atoms with Gasteiger partial charge >= 0.3 is 5.97 Å². The molecule has 0 unspecified atom stereocenters. The number of amides is 2. The van der Waals surface area contributed by atoms with Crippen molar-refractivity contribution in [3.8, 4) is 11.5 Å². The summed E-state index contributed by atoms with van der Waals surface area (Å²) in [5.41, 5.74) is 0.968. The lowest BCUT2D eigenvalue weighted by molar-refractivity contribution is 0.0601. The summed E-state index contributed by atoms with van der Waals surface area (Å²) in [6, 6.07) is 4.79. The molecule has 1 aromatic heterocycles. The SMILES string of the molecule is COC(=O)c1c(NC(=O)c2ccc3c(c2)OCO3)sc(C(=O)N(C)C)c1C. The summed E-state index contributed by atoms with van der Waals surface area (Å²) in [7, 11) is 4.48. The molecule has 8 nitrogen and oxygen atoms in total. The van der Waals surface area contributed by atoms with Gasteiger partial charge < -0.3 is 24.4 Å². The monoisotopic (exact) mass is 390 g/mol. The Balaban J connectivity index is 1.95. The Bertz CT molecular complexity index is 934. The molecular formula is C18H18N2O6S. The lowest BCUT2D eigenvalue weighted by Crippen LogP contribution is -2.21. The topological polar surface area (TPSA) is 94.2 Å². The van der Waals surface area contributed by atoms with Gasteiger partial charge in [-0.1, -0.05) is 0 Å². The summed E-state index contributed by atoms with van der Waals surface area (Å²) >= 11 is 1.03. The van der Waals surface area contributed by atoms with E-state index in [1.165, 1.54) is 12.0 Å². The van der Waals surface area contributed by atoms with E-state index in [-0.39, 0.29) is 23.3 Å². The molecule has 2 aromatic rings. The summed E-state index contributed by atoms with van der Waals surface area (Å²) in [6.07, 6.45) is 0. The second kappa shape index (κ2) is 7.28. The first kappa shape index (κ1) is 18.7. The summed E-state index contributed by atoms with van der Waals surface area (Å²) in [5.74, 6) is -0.286. The van der Waals surface area contributed by atoms with Crippen molar-refractivity contribution in [2.45, 2.75) is 6.92 Å². The molecule has 1 aliphatic heterocycles. The molecule has 1 aliphatic rings. The largest absolute Gasteiger partial charge is 0.465 e. The van der Waals surface area contributed by atoms with Crippen LogP contribution in [0.5, 0.6) is 11.5 Å². The maximum atomic E-state index is 12.7. The van der Waals surface area contributed by atoms with Crippen LogP contribution in [0.25, 0.3) is 0 Å². The second-order valence-corrected chi connectivity index (χ2v) is 6.99. The molecule has 9 heteroatoms. The minimum atomic E-state index is -0.623. The van der Waals surface area contributed by atoms with E-state index in [2.05, 4.69) is 5.32 Å². The molecule has 0 spiro atoms. The molecule has 3 rings (SSSR count). The van der Waals surface area contributed by atoms with Crippen LogP contribution in [-0.4, -0.2) is 50.7 Å². The number of anilines is 1. The molecule has 0 atom stereocenters. The molecular weight excluding hydrogens is 372 g/mol. The van der Waals surface area contributed by atoms with Crippen LogP contribution in [0.1, 0.15) is 36.0 Å². The average molecular weight is 390 g/mol. The number of benzene rings is 1.